The average molecular weight is 128 g/mol. The highest BCUT2D eigenvalue weighted by Gasteiger charge is 1.98. The van der Waals surface area contributed by atoms with E-state index >= 15 is 0 Å². The summed E-state index contributed by atoms with van der Waals surface area (Å²) in [6.45, 7) is 2.48. The maximum Gasteiger partial charge on any atom is 0.244 e. The van der Waals surface area contributed by atoms with Gasteiger partial charge in [-0.3, -0.25) is 9.59 Å². The summed E-state index contributed by atoms with van der Waals surface area (Å²) in [6.07, 6.45) is 0. The molecule has 0 unspecified atom stereocenters. The van der Waals surface area contributed by atoms with Crippen LogP contribution in [0.4, 0.5) is 0 Å². The third-order valence-electron chi connectivity index (χ3n) is 0.639. The SMILES string of the molecule is CC(=O)N=C(N)C(C)=O. The number of aliphatic imine (C=N–C) groups is 1. The third-order valence-corrected chi connectivity index (χ3v) is 0.639. The van der Waals surface area contributed by atoms with Crippen LogP contribution in [0.2, 0.25) is 0 Å². The minimum absolute atomic E-state index is 0.234. The lowest BCUT2D eigenvalue weighted by molar-refractivity contribution is -0.116. The number of hydrogen-bond donors (Lipinski definition) is 1. The first kappa shape index (κ1) is 7.81. The number of ketones is 1. The zero-order chi connectivity index (χ0) is 7.44. The van der Waals surface area contributed by atoms with E-state index < -0.39 is 5.91 Å². The van der Waals surface area contributed by atoms with E-state index in [9.17, 15) is 9.59 Å². The van der Waals surface area contributed by atoms with Gasteiger partial charge in [0.2, 0.25) is 5.91 Å². The van der Waals surface area contributed by atoms with Crippen LogP contribution < -0.4 is 5.73 Å². The predicted molar refractivity (Wildman–Crippen MR) is 33.0 cm³/mol. The molecule has 0 rings (SSSR count). The topological polar surface area (TPSA) is 72.5 Å². The first-order valence-electron chi connectivity index (χ1n) is 2.39. The number of carbonyl (C=O) groups excluding carboxylic acids is 2. The van der Waals surface area contributed by atoms with Crippen LogP contribution in [-0.2, 0) is 9.59 Å². The molecule has 4 nitrogen and oxygen atoms in total. The van der Waals surface area contributed by atoms with Crippen LogP contribution in [0.5, 0.6) is 0 Å². The van der Waals surface area contributed by atoms with E-state index in [0.29, 0.717) is 0 Å². The Bertz CT molecular complexity index is 172. The zero-order valence-electron chi connectivity index (χ0n) is 5.34. The second-order valence-electron chi connectivity index (χ2n) is 1.57. The summed E-state index contributed by atoms with van der Waals surface area (Å²) in [5.41, 5.74) is 5.00. The molecule has 0 aliphatic rings. The van der Waals surface area contributed by atoms with Crippen LogP contribution in [0.1, 0.15) is 13.8 Å². The van der Waals surface area contributed by atoms with E-state index in [-0.39, 0.29) is 11.6 Å². The number of rotatable bonds is 1. The van der Waals surface area contributed by atoms with E-state index in [4.69, 9.17) is 5.73 Å². The molecule has 9 heavy (non-hydrogen) atoms. The molecule has 0 heterocycles. The standard InChI is InChI=1S/C5H8N2O2/c1-3(8)5(6)7-4(2)9/h1-2H3,(H2,6,7,9). The summed E-state index contributed by atoms with van der Waals surface area (Å²) >= 11 is 0. The van der Waals surface area contributed by atoms with Crippen molar-refractivity contribution in [3.8, 4) is 0 Å². The number of carbonyl (C=O) groups is 2. The Kier molecular flexibility index (Phi) is 2.57. The Hall–Kier alpha value is -1.19. The van der Waals surface area contributed by atoms with Crippen molar-refractivity contribution in [2.24, 2.45) is 10.7 Å². The molecule has 1 amide bonds. The number of Topliss-reactive ketones (excluding diaryl/α,β-unsaturated/α-hetero) is 1. The Balaban J connectivity index is 4.17. The van der Waals surface area contributed by atoms with Gasteiger partial charge >= 0.3 is 0 Å². The fourth-order valence-corrected chi connectivity index (χ4v) is 0.248. The van der Waals surface area contributed by atoms with Gasteiger partial charge in [-0.1, -0.05) is 0 Å². The highest BCUT2D eigenvalue weighted by atomic mass is 16.1. The Morgan fingerprint density at radius 1 is 1.33 bits per heavy atom. The van der Waals surface area contributed by atoms with E-state index in [1.807, 2.05) is 0 Å². The van der Waals surface area contributed by atoms with Crippen molar-refractivity contribution in [3.63, 3.8) is 0 Å². The fraction of sp³-hybridized carbons (Fsp3) is 0.400. The van der Waals surface area contributed by atoms with Crippen molar-refractivity contribution in [2.75, 3.05) is 0 Å². The molecule has 0 aliphatic heterocycles. The predicted octanol–water partition coefficient (Wildman–Crippen LogP) is -0.521. The van der Waals surface area contributed by atoms with Crippen LogP contribution in [-0.4, -0.2) is 17.5 Å². The molecule has 0 bridgehead atoms. The maximum atomic E-state index is 10.3. The maximum absolute atomic E-state index is 10.3. The molecule has 0 aromatic rings. The molecule has 4 heteroatoms. The van der Waals surface area contributed by atoms with Gasteiger partial charge in [0.1, 0.15) is 0 Å². The highest BCUT2D eigenvalue weighted by Crippen LogP contribution is 1.74. The molecule has 50 valence electrons. The normalized spacial score (nSPS) is 11.1. The van der Waals surface area contributed by atoms with Crippen molar-refractivity contribution >= 4 is 17.5 Å². The molecule has 0 spiro atoms. The summed E-state index contributed by atoms with van der Waals surface area (Å²) in [7, 11) is 0. The van der Waals surface area contributed by atoms with Crippen molar-refractivity contribution < 1.29 is 9.59 Å². The highest BCUT2D eigenvalue weighted by molar-refractivity contribution is 6.38. The van der Waals surface area contributed by atoms with E-state index in [2.05, 4.69) is 4.99 Å². The Labute approximate surface area is 52.8 Å². The van der Waals surface area contributed by atoms with Crippen molar-refractivity contribution in [1.29, 1.82) is 0 Å². The third kappa shape index (κ3) is 3.40. The van der Waals surface area contributed by atoms with E-state index in [1.54, 1.807) is 0 Å². The molecular weight excluding hydrogens is 120 g/mol. The second-order valence-corrected chi connectivity index (χ2v) is 1.57. The fourth-order valence-electron chi connectivity index (χ4n) is 0.248. The van der Waals surface area contributed by atoms with Gasteiger partial charge in [-0.25, -0.2) is 0 Å². The monoisotopic (exact) mass is 128 g/mol. The van der Waals surface area contributed by atoms with E-state index in [1.165, 1.54) is 13.8 Å². The largest absolute Gasteiger partial charge is 0.381 e. The number of hydrogen-bond acceptors (Lipinski definition) is 2. The van der Waals surface area contributed by atoms with Crippen LogP contribution >= 0.6 is 0 Å². The van der Waals surface area contributed by atoms with Crippen LogP contribution in [0.25, 0.3) is 0 Å². The Morgan fingerprint density at radius 3 is 1.89 bits per heavy atom. The summed E-state index contributed by atoms with van der Waals surface area (Å²) < 4.78 is 0. The molecule has 0 aromatic heterocycles. The van der Waals surface area contributed by atoms with Gasteiger partial charge in [0.15, 0.2) is 11.6 Å². The number of nitrogens with two attached hydrogens (primary N) is 1. The van der Waals surface area contributed by atoms with Gasteiger partial charge in [-0.15, -0.1) is 0 Å². The first-order chi connectivity index (χ1) is 4.04. The summed E-state index contributed by atoms with van der Waals surface area (Å²) in [5, 5.41) is 0. The van der Waals surface area contributed by atoms with Crippen molar-refractivity contribution in [3.05, 3.63) is 0 Å². The van der Waals surface area contributed by atoms with Gasteiger partial charge in [0.25, 0.3) is 0 Å². The van der Waals surface area contributed by atoms with Crippen LogP contribution in [0, 0.1) is 0 Å². The van der Waals surface area contributed by atoms with Crippen LogP contribution in [0.15, 0.2) is 4.99 Å². The molecule has 0 aliphatic carbocycles. The lowest BCUT2D eigenvalue weighted by Crippen LogP contribution is -2.21. The molecule has 0 radical (unpaired) electrons. The molecule has 0 saturated heterocycles. The molecule has 0 atom stereocenters. The number of amides is 1. The first-order valence-corrected chi connectivity index (χ1v) is 2.39. The van der Waals surface area contributed by atoms with Gasteiger partial charge < -0.3 is 5.73 Å². The smallest absolute Gasteiger partial charge is 0.244 e. The lowest BCUT2D eigenvalue weighted by atomic mass is 10.4. The molecule has 2 N–H and O–H groups in total. The van der Waals surface area contributed by atoms with Gasteiger partial charge in [-0.05, 0) is 0 Å². The number of amidine groups is 1. The van der Waals surface area contributed by atoms with E-state index in [0.717, 1.165) is 0 Å². The quantitative estimate of drug-likeness (QED) is 0.381. The molecular formula is C5H8N2O2. The van der Waals surface area contributed by atoms with Gasteiger partial charge in [0, 0.05) is 13.8 Å². The summed E-state index contributed by atoms with van der Waals surface area (Å²) in [4.78, 5) is 23.6. The van der Waals surface area contributed by atoms with Crippen molar-refractivity contribution in [1.82, 2.24) is 0 Å². The summed E-state index contributed by atoms with van der Waals surface area (Å²) in [6, 6.07) is 0. The van der Waals surface area contributed by atoms with Gasteiger partial charge in [-0.2, -0.15) is 4.99 Å². The number of nitrogens with zero attached hydrogens (tertiary/aromatic N) is 1. The second kappa shape index (κ2) is 2.96. The summed E-state index contributed by atoms with van der Waals surface area (Å²) in [5.74, 6) is -1.07. The Morgan fingerprint density at radius 2 is 1.78 bits per heavy atom. The average Bonchev–Trinajstić information content (AvgIpc) is 1.63. The molecule has 0 aromatic carbocycles. The minimum atomic E-state index is -0.456. The lowest BCUT2D eigenvalue weighted by Gasteiger charge is -1.87. The zero-order valence-corrected chi connectivity index (χ0v) is 5.34. The van der Waals surface area contributed by atoms with Crippen LogP contribution in [0.3, 0.4) is 0 Å². The molecule has 0 fully saturated rings. The van der Waals surface area contributed by atoms with Crippen molar-refractivity contribution in [2.45, 2.75) is 13.8 Å². The molecule has 0 saturated carbocycles. The minimum Gasteiger partial charge on any atom is -0.381 e. The van der Waals surface area contributed by atoms with Gasteiger partial charge in [0.05, 0.1) is 0 Å².